The molecule has 0 spiro atoms. The van der Waals surface area contributed by atoms with Gasteiger partial charge in [0.2, 0.25) is 0 Å². The second-order valence-corrected chi connectivity index (χ2v) is 7.03. The Hall–Kier alpha value is -4.64. The normalized spacial score (nSPS) is 11.0. The molecule has 1 aromatic heterocycles. The van der Waals surface area contributed by atoms with Gasteiger partial charge in [0.25, 0.3) is 5.91 Å². The molecule has 3 N–H and O–H groups in total. The van der Waals surface area contributed by atoms with Crippen molar-refractivity contribution in [1.82, 2.24) is 0 Å². The van der Waals surface area contributed by atoms with E-state index in [9.17, 15) is 29.9 Å². The first kappa shape index (κ1) is 22.1. The molecule has 3 aromatic rings. The fraction of sp³-hybridized carbons (Fsp3) is 0.0833. The number of carbonyl (C=O) groups is 3. The van der Waals surface area contributed by atoms with Crippen LogP contribution in [-0.2, 0) is 4.79 Å². The zero-order valence-corrected chi connectivity index (χ0v) is 17.2. The van der Waals surface area contributed by atoms with Crippen LogP contribution in [0.3, 0.4) is 0 Å². The fourth-order valence-corrected chi connectivity index (χ4v) is 2.91. The number of anilines is 1. The minimum absolute atomic E-state index is 0.171. The maximum absolute atomic E-state index is 12.5. The zero-order chi connectivity index (χ0) is 23.4. The molecule has 1 heterocycles. The van der Waals surface area contributed by atoms with Gasteiger partial charge in [-0.05, 0) is 67.4 Å². The summed E-state index contributed by atoms with van der Waals surface area (Å²) in [5.41, 5.74) is 2.23. The predicted octanol–water partition coefficient (Wildman–Crippen LogP) is 4.51. The summed E-state index contributed by atoms with van der Waals surface area (Å²) in [6.07, 6.45) is 1.25. The molecule has 0 fully saturated rings. The summed E-state index contributed by atoms with van der Waals surface area (Å²) in [5, 5.41) is 30.5. The molecule has 2 aromatic carbocycles. The molecule has 0 radical (unpaired) electrons. The Balaban J connectivity index is 1.89. The number of nitriles is 1. The van der Waals surface area contributed by atoms with Crippen LogP contribution in [0.2, 0.25) is 0 Å². The number of furan rings is 1. The monoisotopic (exact) mass is 430 g/mol. The van der Waals surface area contributed by atoms with Gasteiger partial charge in [-0.15, -0.1) is 0 Å². The second kappa shape index (κ2) is 9.02. The number of amides is 1. The molecule has 0 saturated heterocycles. The number of carboxylic acids is 2. The van der Waals surface area contributed by atoms with Crippen LogP contribution in [0, 0.1) is 25.2 Å². The van der Waals surface area contributed by atoms with Gasteiger partial charge in [-0.3, -0.25) is 4.79 Å². The number of aromatic carboxylic acids is 2. The minimum Gasteiger partial charge on any atom is -0.478 e. The van der Waals surface area contributed by atoms with Gasteiger partial charge in [0, 0.05) is 17.3 Å². The number of carbonyl (C=O) groups excluding carboxylic acids is 1. The minimum atomic E-state index is -1.28. The Morgan fingerprint density at radius 1 is 0.938 bits per heavy atom. The smallest absolute Gasteiger partial charge is 0.335 e. The highest BCUT2D eigenvalue weighted by molar-refractivity contribution is 6.09. The van der Waals surface area contributed by atoms with Crippen molar-refractivity contribution >= 4 is 29.6 Å². The largest absolute Gasteiger partial charge is 0.478 e. The van der Waals surface area contributed by atoms with E-state index in [0.29, 0.717) is 5.69 Å². The maximum atomic E-state index is 12.5. The van der Waals surface area contributed by atoms with Crippen molar-refractivity contribution < 1.29 is 29.0 Å². The number of aryl methyl sites for hydroxylation is 2. The van der Waals surface area contributed by atoms with E-state index in [0.717, 1.165) is 17.2 Å². The first-order valence-electron chi connectivity index (χ1n) is 9.40. The molecule has 3 rings (SSSR count). The molecule has 0 aliphatic carbocycles. The third kappa shape index (κ3) is 4.91. The highest BCUT2D eigenvalue weighted by atomic mass is 16.4. The van der Waals surface area contributed by atoms with Gasteiger partial charge in [-0.2, -0.15) is 5.26 Å². The Bertz CT molecular complexity index is 1280. The fourth-order valence-electron chi connectivity index (χ4n) is 2.91. The van der Waals surface area contributed by atoms with Crippen molar-refractivity contribution in [3.05, 3.63) is 82.1 Å². The summed E-state index contributed by atoms with van der Waals surface area (Å²) in [6.45, 7) is 3.85. The lowest BCUT2D eigenvalue weighted by Gasteiger charge is -2.07. The second-order valence-electron chi connectivity index (χ2n) is 7.03. The van der Waals surface area contributed by atoms with Gasteiger partial charge in [0.1, 0.15) is 23.2 Å². The van der Waals surface area contributed by atoms with Crippen LogP contribution in [0.5, 0.6) is 0 Å². The number of rotatable bonds is 6. The number of hydrogen-bond acceptors (Lipinski definition) is 5. The Morgan fingerprint density at radius 2 is 1.59 bits per heavy atom. The van der Waals surface area contributed by atoms with Gasteiger partial charge >= 0.3 is 11.9 Å². The standard InChI is InChI=1S/C24H18N2O6/c1-13-3-4-19(7-14(13)2)26-22(27)18(12-25)11-20-5-6-21(32-20)15-8-16(23(28)29)10-17(9-15)24(30)31/h3-11H,1-2H3,(H,26,27)(H,28,29)(H,30,31). The SMILES string of the molecule is Cc1ccc(NC(=O)C(C#N)=Cc2ccc(-c3cc(C(=O)O)cc(C(=O)O)c3)o2)cc1C. The van der Waals surface area contributed by atoms with E-state index < -0.39 is 17.8 Å². The summed E-state index contributed by atoms with van der Waals surface area (Å²) in [5.74, 6) is -2.82. The summed E-state index contributed by atoms with van der Waals surface area (Å²) >= 11 is 0. The third-order valence-electron chi connectivity index (χ3n) is 4.75. The van der Waals surface area contributed by atoms with Crippen LogP contribution >= 0.6 is 0 Å². The zero-order valence-electron chi connectivity index (χ0n) is 17.2. The lowest BCUT2D eigenvalue weighted by atomic mass is 10.0. The topological polar surface area (TPSA) is 141 Å². The Labute approximate surface area is 183 Å². The first-order valence-corrected chi connectivity index (χ1v) is 9.40. The summed E-state index contributed by atoms with van der Waals surface area (Å²) in [6, 6.07) is 13.8. The third-order valence-corrected chi connectivity index (χ3v) is 4.75. The van der Waals surface area contributed by atoms with Gasteiger partial charge in [-0.1, -0.05) is 6.07 Å². The Morgan fingerprint density at radius 3 is 2.16 bits per heavy atom. The van der Waals surface area contributed by atoms with Crippen LogP contribution in [0.25, 0.3) is 17.4 Å². The van der Waals surface area contributed by atoms with Gasteiger partial charge in [0.05, 0.1) is 11.1 Å². The molecule has 0 bridgehead atoms. The van der Waals surface area contributed by atoms with Crippen molar-refractivity contribution in [2.45, 2.75) is 13.8 Å². The van der Waals surface area contributed by atoms with Gasteiger partial charge < -0.3 is 19.9 Å². The van der Waals surface area contributed by atoms with Crippen LogP contribution < -0.4 is 5.32 Å². The van der Waals surface area contributed by atoms with Crippen LogP contribution in [-0.4, -0.2) is 28.1 Å². The highest BCUT2D eigenvalue weighted by Gasteiger charge is 2.15. The number of hydrogen-bond donors (Lipinski definition) is 3. The maximum Gasteiger partial charge on any atom is 0.335 e. The van der Waals surface area contributed by atoms with Crippen LogP contribution in [0.4, 0.5) is 5.69 Å². The lowest BCUT2D eigenvalue weighted by Crippen LogP contribution is -2.13. The van der Waals surface area contributed by atoms with E-state index in [1.807, 2.05) is 26.0 Å². The quantitative estimate of drug-likeness (QED) is 0.386. The molecule has 8 heteroatoms. The van der Waals surface area contributed by atoms with Crippen LogP contribution in [0.1, 0.15) is 37.6 Å². The summed E-state index contributed by atoms with van der Waals surface area (Å²) in [4.78, 5) is 35.1. The van der Waals surface area contributed by atoms with Crippen molar-refractivity contribution in [2.24, 2.45) is 0 Å². The Kier molecular flexibility index (Phi) is 6.21. The predicted molar refractivity (Wildman–Crippen MR) is 116 cm³/mol. The van der Waals surface area contributed by atoms with E-state index in [1.165, 1.54) is 30.3 Å². The highest BCUT2D eigenvalue weighted by Crippen LogP contribution is 2.26. The molecular weight excluding hydrogens is 412 g/mol. The number of nitrogens with one attached hydrogen (secondary N) is 1. The lowest BCUT2D eigenvalue weighted by molar-refractivity contribution is -0.112. The average Bonchev–Trinajstić information content (AvgIpc) is 3.23. The van der Waals surface area contributed by atoms with E-state index in [1.54, 1.807) is 12.1 Å². The summed E-state index contributed by atoms with van der Waals surface area (Å²) in [7, 11) is 0. The van der Waals surface area contributed by atoms with Crippen molar-refractivity contribution in [3.63, 3.8) is 0 Å². The molecule has 0 atom stereocenters. The van der Waals surface area contributed by atoms with Crippen molar-refractivity contribution in [3.8, 4) is 17.4 Å². The molecular formula is C24H18N2O6. The average molecular weight is 430 g/mol. The van der Waals surface area contributed by atoms with E-state index in [2.05, 4.69) is 5.32 Å². The van der Waals surface area contributed by atoms with E-state index >= 15 is 0 Å². The first-order chi connectivity index (χ1) is 15.2. The molecule has 160 valence electrons. The molecule has 0 unspecified atom stereocenters. The van der Waals surface area contributed by atoms with Gasteiger partial charge in [0.15, 0.2) is 0 Å². The molecule has 32 heavy (non-hydrogen) atoms. The number of benzene rings is 2. The number of nitrogens with zero attached hydrogens (tertiary/aromatic N) is 1. The molecule has 0 saturated carbocycles. The van der Waals surface area contributed by atoms with Gasteiger partial charge in [-0.25, -0.2) is 9.59 Å². The van der Waals surface area contributed by atoms with E-state index in [4.69, 9.17) is 4.42 Å². The van der Waals surface area contributed by atoms with E-state index in [-0.39, 0.29) is 33.8 Å². The number of carboxylic acid groups (broad SMARTS) is 2. The summed E-state index contributed by atoms with van der Waals surface area (Å²) < 4.78 is 5.61. The molecule has 0 aliphatic rings. The molecule has 8 nitrogen and oxygen atoms in total. The van der Waals surface area contributed by atoms with Crippen molar-refractivity contribution in [1.29, 1.82) is 5.26 Å². The van der Waals surface area contributed by atoms with Crippen LogP contribution in [0.15, 0.2) is 58.5 Å². The molecule has 1 amide bonds. The van der Waals surface area contributed by atoms with Crippen molar-refractivity contribution in [2.75, 3.05) is 5.32 Å². The molecule has 0 aliphatic heterocycles.